The smallest absolute Gasteiger partial charge is 0.253 e. The van der Waals surface area contributed by atoms with Crippen LogP contribution in [0.1, 0.15) is 34.6 Å². The third-order valence-electron chi connectivity index (χ3n) is 2.87. The van der Waals surface area contributed by atoms with Gasteiger partial charge in [-0.05, 0) is 43.7 Å². The summed E-state index contributed by atoms with van der Waals surface area (Å²) in [6.07, 6.45) is 1.53. The Morgan fingerprint density at radius 3 is 2.74 bits per heavy atom. The van der Waals surface area contributed by atoms with Crippen molar-refractivity contribution in [2.24, 2.45) is 0 Å². The number of aromatic nitrogens is 1. The highest BCUT2D eigenvalue weighted by Gasteiger charge is 2.11. The van der Waals surface area contributed by atoms with Crippen molar-refractivity contribution in [3.8, 4) is 0 Å². The fourth-order valence-electron chi connectivity index (χ4n) is 1.74. The lowest BCUT2D eigenvalue weighted by atomic mass is 10.1. The standard InChI is InChI=1S/C15H15FN2O/c1-10-6-7-13(9-17-10)15(19)18-11(2)12-4-3-5-14(16)8-12/h3-9,11H,1-2H3,(H,18,19)/t11-/m0/s1. The zero-order valence-electron chi connectivity index (χ0n) is 10.9. The molecule has 19 heavy (non-hydrogen) atoms. The van der Waals surface area contributed by atoms with Crippen LogP contribution in [0.15, 0.2) is 42.6 Å². The van der Waals surface area contributed by atoms with Crippen molar-refractivity contribution in [3.05, 3.63) is 65.2 Å². The summed E-state index contributed by atoms with van der Waals surface area (Å²) in [6, 6.07) is 9.43. The Bertz CT molecular complexity index is 581. The second-order valence-corrected chi connectivity index (χ2v) is 4.44. The van der Waals surface area contributed by atoms with Gasteiger partial charge in [0.2, 0.25) is 0 Å². The molecule has 1 N–H and O–H groups in total. The Balaban J connectivity index is 2.08. The molecule has 0 bridgehead atoms. The molecule has 0 aliphatic carbocycles. The van der Waals surface area contributed by atoms with Gasteiger partial charge in [0, 0.05) is 11.9 Å². The third kappa shape index (κ3) is 3.37. The molecule has 3 nitrogen and oxygen atoms in total. The molecule has 4 heteroatoms. The molecule has 2 aromatic rings. The number of nitrogens with one attached hydrogen (secondary N) is 1. The summed E-state index contributed by atoms with van der Waals surface area (Å²) in [5.41, 5.74) is 2.08. The lowest BCUT2D eigenvalue weighted by Crippen LogP contribution is -2.26. The van der Waals surface area contributed by atoms with E-state index in [2.05, 4.69) is 10.3 Å². The van der Waals surface area contributed by atoms with Gasteiger partial charge >= 0.3 is 0 Å². The van der Waals surface area contributed by atoms with E-state index in [0.29, 0.717) is 5.56 Å². The van der Waals surface area contributed by atoms with Crippen LogP contribution < -0.4 is 5.32 Å². The zero-order chi connectivity index (χ0) is 13.8. The molecule has 1 aromatic carbocycles. The summed E-state index contributed by atoms with van der Waals surface area (Å²) in [4.78, 5) is 16.1. The van der Waals surface area contributed by atoms with Gasteiger partial charge in [0.1, 0.15) is 5.82 Å². The number of carbonyl (C=O) groups is 1. The van der Waals surface area contributed by atoms with Gasteiger partial charge in [0.25, 0.3) is 5.91 Å². The zero-order valence-corrected chi connectivity index (χ0v) is 10.9. The van der Waals surface area contributed by atoms with Crippen LogP contribution >= 0.6 is 0 Å². The number of rotatable bonds is 3. The molecule has 2 rings (SSSR count). The number of pyridine rings is 1. The van der Waals surface area contributed by atoms with Crippen LogP contribution in [0.5, 0.6) is 0 Å². The second kappa shape index (κ2) is 5.61. The average molecular weight is 258 g/mol. The van der Waals surface area contributed by atoms with Crippen LogP contribution in [-0.2, 0) is 0 Å². The van der Waals surface area contributed by atoms with Crippen LogP contribution in [0.25, 0.3) is 0 Å². The molecule has 0 unspecified atom stereocenters. The number of hydrogen-bond acceptors (Lipinski definition) is 2. The first-order chi connectivity index (χ1) is 9.06. The van der Waals surface area contributed by atoms with Gasteiger partial charge in [0.15, 0.2) is 0 Å². The van der Waals surface area contributed by atoms with Crippen LogP contribution in [-0.4, -0.2) is 10.9 Å². The van der Waals surface area contributed by atoms with Crippen molar-refractivity contribution >= 4 is 5.91 Å². The first kappa shape index (κ1) is 13.2. The molecule has 0 saturated heterocycles. The fourth-order valence-corrected chi connectivity index (χ4v) is 1.74. The molecule has 0 fully saturated rings. The van der Waals surface area contributed by atoms with Crippen LogP contribution in [0.4, 0.5) is 4.39 Å². The van der Waals surface area contributed by atoms with Crippen LogP contribution in [0, 0.1) is 12.7 Å². The van der Waals surface area contributed by atoms with E-state index in [1.54, 1.807) is 24.3 Å². The van der Waals surface area contributed by atoms with Crippen LogP contribution in [0.2, 0.25) is 0 Å². The van der Waals surface area contributed by atoms with Crippen molar-refractivity contribution in [1.82, 2.24) is 10.3 Å². The second-order valence-electron chi connectivity index (χ2n) is 4.44. The molecule has 0 radical (unpaired) electrons. The number of hydrogen-bond donors (Lipinski definition) is 1. The molecular formula is C15H15FN2O. The summed E-state index contributed by atoms with van der Waals surface area (Å²) < 4.78 is 13.1. The van der Waals surface area contributed by atoms with E-state index in [1.807, 2.05) is 13.8 Å². The third-order valence-corrected chi connectivity index (χ3v) is 2.87. The Kier molecular flexibility index (Phi) is 3.90. The summed E-state index contributed by atoms with van der Waals surface area (Å²) in [6.45, 7) is 3.67. The highest BCUT2D eigenvalue weighted by molar-refractivity contribution is 5.94. The summed E-state index contributed by atoms with van der Waals surface area (Å²) in [5, 5.41) is 2.81. The van der Waals surface area contributed by atoms with Crippen molar-refractivity contribution in [3.63, 3.8) is 0 Å². The minimum Gasteiger partial charge on any atom is -0.345 e. The molecule has 0 spiro atoms. The number of benzene rings is 1. The van der Waals surface area contributed by atoms with E-state index < -0.39 is 0 Å². The molecule has 1 heterocycles. The maximum absolute atomic E-state index is 13.1. The Labute approximate surface area is 111 Å². The summed E-state index contributed by atoms with van der Waals surface area (Å²) >= 11 is 0. The number of amides is 1. The molecule has 0 aliphatic rings. The Morgan fingerprint density at radius 1 is 1.32 bits per heavy atom. The number of halogens is 1. The largest absolute Gasteiger partial charge is 0.345 e. The highest BCUT2D eigenvalue weighted by atomic mass is 19.1. The molecule has 1 atom stereocenters. The van der Waals surface area contributed by atoms with E-state index in [4.69, 9.17) is 0 Å². The van der Waals surface area contributed by atoms with Crippen molar-refractivity contribution in [2.45, 2.75) is 19.9 Å². The van der Waals surface area contributed by atoms with Crippen LogP contribution in [0.3, 0.4) is 0 Å². The van der Waals surface area contributed by atoms with E-state index >= 15 is 0 Å². The topological polar surface area (TPSA) is 42.0 Å². The molecule has 1 aromatic heterocycles. The first-order valence-corrected chi connectivity index (χ1v) is 6.05. The highest BCUT2D eigenvalue weighted by Crippen LogP contribution is 2.14. The molecule has 98 valence electrons. The predicted octanol–water partition coefficient (Wildman–Crippen LogP) is 3.02. The molecular weight excluding hydrogens is 243 g/mol. The monoisotopic (exact) mass is 258 g/mol. The van der Waals surface area contributed by atoms with Crippen molar-refractivity contribution in [1.29, 1.82) is 0 Å². The van der Waals surface area contributed by atoms with E-state index in [0.717, 1.165) is 11.3 Å². The number of nitrogens with zero attached hydrogens (tertiary/aromatic N) is 1. The molecule has 1 amide bonds. The van der Waals surface area contributed by atoms with Gasteiger partial charge in [-0.25, -0.2) is 4.39 Å². The van der Waals surface area contributed by atoms with Gasteiger partial charge in [-0.2, -0.15) is 0 Å². The maximum atomic E-state index is 13.1. The quantitative estimate of drug-likeness (QED) is 0.919. The van der Waals surface area contributed by atoms with E-state index in [1.165, 1.54) is 18.3 Å². The number of carbonyl (C=O) groups excluding carboxylic acids is 1. The van der Waals surface area contributed by atoms with Gasteiger partial charge in [-0.3, -0.25) is 9.78 Å². The minimum atomic E-state index is -0.310. The fraction of sp³-hybridized carbons (Fsp3) is 0.200. The van der Waals surface area contributed by atoms with Gasteiger partial charge in [-0.15, -0.1) is 0 Å². The SMILES string of the molecule is Cc1ccc(C(=O)N[C@@H](C)c2cccc(F)c2)cn1. The summed E-state index contributed by atoms with van der Waals surface area (Å²) in [5.74, 6) is -0.528. The first-order valence-electron chi connectivity index (χ1n) is 6.05. The normalized spacial score (nSPS) is 11.9. The van der Waals surface area contributed by atoms with Crippen molar-refractivity contribution < 1.29 is 9.18 Å². The van der Waals surface area contributed by atoms with Gasteiger partial charge in [0.05, 0.1) is 11.6 Å². The molecule has 0 aliphatic heterocycles. The van der Waals surface area contributed by atoms with E-state index in [-0.39, 0.29) is 17.8 Å². The van der Waals surface area contributed by atoms with Gasteiger partial charge < -0.3 is 5.32 Å². The summed E-state index contributed by atoms with van der Waals surface area (Å²) in [7, 11) is 0. The predicted molar refractivity (Wildman–Crippen MR) is 71.3 cm³/mol. The van der Waals surface area contributed by atoms with Crippen molar-refractivity contribution in [2.75, 3.05) is 0 Å². The maximum Gasteiger partial charge on any atom is 0.253 e. The number of aryl methyl sites for hydroxylation is 1. The lowest BCUT2D eigenvalue weighted by Gasteiger charge is -2.14. The Morgan fingerprint density at radius 2 is 2.11 bits per heavy atom. The van der Waals surface area contributed by atoms with E-state index in [9.17, 15) is 9.18 Å². The Hall–Kier alpha value is -2.23. The lowest BCUT2D eigenvalue weighted by molar-refractivity contribution is 0.0939. The minimum absolute atomic E-state index is 0.218. The molecule has 0 saturated carbocycles. The average Bonchev–Trinajstić information content (AvgIpc) is 2.39. The van der Waals surface area contributed by atoms with Gasteiger partial charge in [-0.1, -0.05) is 12.1 Å².